The lowest BCUT2D eigenvalue weighted by Crippen LogP contribution is -2.42. The molecule has 6 rings (SSSR count). The number of hydrogen-bond acceptors (Lipinski definition) is 7. The molecule has 0 bridgehead atoms. The molecule has 1 fully saturated rings. The van der Waals surface area contributed by atoms with Gasteiger partial charge in [0.15, 0.2) is 17.4 Å². The summed E-state index contributed by atoms with van der Waals surface area (Å²) < 4.78 is 47.4. The average molecular weight is 577 g/mol. The summed E-state index contributed by atoms with van der Waals surface area (Å²) in [5.41, 5.74) is 3.60. The van der Waals surface area contributed by atoms with Gasteiger partial charge in [-0.1, -0.05) is 24.3 Å². The number of carboxylic acid groups (broad SMARTS) is 1. The second-order valence-corrected chi connectivity index (χ2v) is 10.4. The highest BCUT2D eigenvalue weighted by Gasteiger charge is 2.26. The van der Waals surface area contributed by atoms with Crippen molar-refractivity contribution in [2.24, 2.45) is 0 Å². The maximum Gasteiger partial charge on any atom is 0.342 e. The molecule has 0 amide bonds. The molecule has 0 saturated carbocycles. The Kier molecular flexibility index (Phi) is 7.86. The number of carboxylic acids is 1. The van der Waals surface area contributed by atoms with Crippen molar-refractivity contribution in [2.45, 2.75) is 38.5 Å². The highest BCUT2D eigenvalue weighted by Crippen LogP contribution is 2.34. The highest BCUT2D eigenvalue weighted by atomic mass is 19.1. The van der Waals surface area contributed by atoms with Crippen LogP contribution in [0.15, 0.2) is 54.7 Å². The zero-order valence-electron chi connectivity index (χ0n) is 23.1. The Labute approximate surface area is 241 Å². The third-order valence-electron chi connectivity index (χ3n) is 7.79. The molecule has 2 aromatic carbocycles. The molecule has 11 heteroatoms. The zero-order valence-corrected chi connectivity index (χ0v) is 23.1. The number of benzene rings is 2. The Hall–Kier alpha value is -4.35. The summed E-state index contributed by atoms with van der Waals surface area (Å²) in [6, 6.07) is 13.5. The Morgan fingerprint density at radius 3 is 2.74 bits per heavy atom. The summed E-state index contributed by atoms with van der Waals surface area (Å²) in [6.45, 7) is 3.59. The number of nitrogens with zero attached hydrogens (tertiary/aromatic N) is 4. The number of halogens is 2. The minimum Gasteiger partial charge on any atom is -0.485 e. The molecule has 2 aliphatic rings. The largest absolute Gasteiger partial charge is 0.485 e. The van der Waals surface area contributed by atoms with Gasteiger partial charge in [0.05, 0.1) is 19.0 Å². The molecule has 0 spiro atoms. The van der Waals surface area contributed by atoms with E-state index < -0.39 is 17.6 Å². The third-order valence-corrected chi connectivity index (χ3v) is 7.79. The first-order chi connectivity index (χ1) is 20.4. The van der Waals surface area contributed by atoms with Crippen molar-refractivity contribution in [3.63, 3.8) is 0 Å². The number of aromatic nitrogens is 3. The number of pyridine rings is 1. The van der Waals surface area contributed by atoms with E-state index in [1.165, 1.54) is 22.9 Å². The number of aromatic carboxylic acids is 1. The fourth-order valence-electron chi connectivity index (χ4n) is 5.67. The van der Waals surface area contributed by atoms with Crippen LogP contribution in [0.2, 0.25) is 0 Å². The molecule has 0 aliphatic carbocycles. The molecule has 0 radical (unpaired) electrons. The summed E-state index contributed by atoms with van der Waals surface area (Å²) in [5.74, 6) is -2.81. The normalized spacial score (nSPS) is 15.8. The summed E-state index contributed by atoms with van der Waals surface area (Å²) in [5, 5.41) is 13.5. The zero-order chi connectivity index (χ0) is 29.2. The second-order valence-electron chi connectivity index (χ2n) is 10.4. The topological polar surface area (TPSA) is 98.9 Å². The summed E-state index contributed by atoms with van der Waals surface area (Å²) in [6.07, 6.45) is 4.19. The van der Waals surface area contributed by atoms with E-state index in [0.717, 1.165) is 69.5 Å². The van der Waals surface area contributed by atoms with Crippen LogP contribution in [0.3, 0.4) is 0 Å². The number of fused-ring (bicyclic) bond motifs is 1. The lowest BCUT2D eigenvalue weighted by molar-refractivity contribution is 0.0290. The summed E-state index contributed by atoms with van der Waals surface area (Å²) in [7, 11) is 1.32. The van der Waals surface area contributed by atoms with Crippen LogP contribution in [0.4, 0.5) is 8.78 Å². The SMILES string of the molecule is COc1c(C(=O)O)cnn1-c1cccc(-c2cc(F)cc(F)c2OCc2ccc3c(c2)CCN(C2CCOCC2)C3)n1. The van der Waals surface area contributed by atoms with E-state index in [1.54, 1.807) is 18.2 Å². The minimum absolute atomic E-state index is 0.0302. The molecule has 4 heterocycles. The van der Waals surface area contributed by atoms with Gasteiger partial charge >= 0.3 is 5.97 Å². The van der Waals surface area contributed by atoms with Crippen molar-refractivity contribution < 1.29 is 32.9 Å². The summed E-state index contributed by atoms with van der Waals surface area (Å²) >= 11 is 0. The van der Waals surface area contributed by atoms with E-state index in [1.807, 2.05) is 6.07 Å². The summed E-state index contributed by atoms with van der Waals surface area (Å²) in [4.78, 5) is 18.6. The monoisotopic (exact) mass is 576 g/mol. The van der Waals surface area contributed by atoms with Crippen LogP contribution >= 0.6 is 0 Å². The Bertz CT molecular complexity index is 1620. The van der Waals surface area contributed by atoms with Crippen molar-refractivity contribution in [1.82, 2.24) is 19.7 Å². The molecule has 42 heavy (non-hydrogen) atoms. The van der Waals surface area contributed by atoms with Gasteiger partial charge in [-0.25, -0.2) is 18.6 Å². The van der Waals surface area contributed by atoms with Crippen LogP contribution in [-0.2, 0) is 24.3 Å². The first kappa shape index (κ1) is 27.8. The number of methoxy groups -OCH3 is 1. The molecule has 218 valence electrons. The highest BCUT2D eigenvalue weighted by molar-refractivity contribution is 5.90. The maximum absolute atomic E-state index is 15.1. The van der Waals surface area contributed by atoms with Crippen molar-refractivity contribution in [3.8, 4) is 28.7 Å². The van der Waals surface area contributed by atoms with E-state index in [-0.39, 0.29) is 40.9 Å². The van der Waals surface area contributed by atoms with Gasteiger partial charge in [0.1, 0.15) is 18.0 Å². The van der Waals surface area contributed by atoms with Gasteiger partial charge in [-0.2, -0.15) is 9.78 Å². The number of carbonyl (C=O) groups is 1. The van der Waals surface area contributed by atoms with Gasteiger partial charge in [-0.05, 0) is 54.2 Å². The van der Waals surface area contributed by atoms with Gasteiger partial charge in [0, 0.05) is 44.0 Å². The predicted molar refractivity (Wildman–Crippen MR) is 149 cm³/mol. The molecule has 4 aromatic rings. The van der Waals surface area contributed by atoms with Crippen molar-refractivity contribution in [2.75, 3.05) is 26.9 Å². The van der Waals surface area contributed by atoms with Crippen LogP contribution in [0, 0.1) is 11.6 Å². The van der Waals surface area contributed by atoms with E-state index in [4.69, 9.17) is 14.2 Å². The first-order valence-electron chi connectivity index (χ1n) is 13.8. The molecule has 0 unspecified atom stereocenters. The third kappa shape index (κ3) is 5.57. The van der Waals surface area contributed by atoms with E-state index in [9.17, 15) is 14.3 Å². The van der Waals surface area contributed by atoms with Gasteiger partial charge < -0.3 is 19.3 Å². The van der Waals surface area contributed by atoms with Crippen LogP contribution in [0.25, 0.3) is 17.1 Å². The molecule has 1 N–H and O–H groups in total. The van der Waals surface area contributed by atoms with Crippen LogP contribution < -0.4 is 9.47 Å². The number of rotatable bonds is 8. The lowest BCUT2D eigenvalue weighted by Gasteiger charge is -2.37. The Balaban J connectivity index is 1.24. The maximum atomic E-state index is 15.1. The van der Waals surface area contributed by atoms with Gasteiger partial charge in [-0.15, -0.1) is 0 Å². The standard InChI is InChI=1S/C31H30F2N4O5/c1-40-30-25(31(38)39)16-34-37(30)28-4-2-3-27(35-28)24-14-22(32)15-26(33)29(24)42-18-19-5-6-21-17-36(10-7-20(21)13-19)23-8-11-41-12-9-23/h2-6,13-16,23H,7-12,17-18H2,1H3,(H,38,39). The lowest BCUT2D eigenvalue weighted by atomic mass is 9.95. The van der Waals surface area contributed by atoms with Gasteiger partial charge in [0.25, 0.3) is 0 Å². The second kappa shape index (κ2) is 11.9. The molecule has 1 saturated heterocycles. The van der Waals surface area contributed by atoms with Crippen molar-refractivity contribution in [1.29, 1.82) is 0 Å². The van der Waals surface area contributed by atoms with E-state index in [2.05, 4.69) is 27.1 Å². The predicted octanol–water partition coefficient (Wildman–Crippen LogP) is 5.04. The molecular formula is C31H30F2N4O5. The average Bonchev–Trinajstić information content (AvgIpc) is 3.45. The number of hydrogen-bond donors (Lipinski definition) is 1. The Morgan fingerprint density at radius 2 is 1.95 bits per heavy atom. The van der Waals surface area contributed by atoms with Gasteiger partial charge in [0.2, 0.25) is 5.88 Å². The van der Waals surface area contributed by atoms with E-state index in [0.29, 0.717) is 6.04 Å². The van der Waals surface area contributed by atoms with Crippen LogP contribution in [-0.4, -0.2) is 63.7 Å². The quantitative estimate of drug-likeness (QED) is 0.312. The van der Waals surface area contributed by atoms with E-state index >= 15 is 4.39 Å². The number of ether oxygens (including phenoxy) is 3. The first-order valence-corrected chi connectivity index (χ1v) is 13.8. The smallest absolute Gasteiger partial charge is 0.342 e. The molecule has 2 aromatic heterocycles. The fraction of sp³-hybridized carbons (Fsp3) is 0.323. The van der Waals surface area contributed by atoms with Crippen LogP contribution in [0.1, 0.15) is 39.9 Å². The molecule has 9 nitrogen and oxygen atoms in total. The van der Waals surface area contributed by atoms with Gasteiger partial charge in [-0.3, -0.25) is 4.90 Å². The van der Waals surface area contributed by atoms with Crippen LogP contribution in [0.5, 0.6) is 11.6 Å². The Morgan fingerprint density at radius 1 is 1.12 bits per heavy atom. The minimum atomic E-state index is -1.21. The van der Waals surface area contributed by atoms with Crippen molar-refractivity contribution >= 4 is 5.97 Å². The molecule has 2 aliphatic heterocycles. The molecular weight excluding hydrogens is 546 g/mol. The molecule has 0 atom stereocenters. The fourth-order valence-corrected chi connectivity index (χ4v) is 5.67. The van der Waals surface area contributed by atoms with Crippen molar-refractivity contribution in [3.05, 3.63) is 88.6 Å².